The Hall–Kier alpha value is -2.34. The first-order valence-electron chi connectivity index (χ1n) is 8.03. The Morgan fingerprint density at radius 1 is 1.08 bits per heavy atom. The number of fused-ring (bicyclic) bond motifs is 1. The van der Waals surface area contributed by atoms with Gasteiger partial charge in [0.25, 0.3) is 0 Å². The minimum absolute atomic E-state index is 0.0844. The van der Waals surface area contributed by atoms with Crippen LogP contribution in [-0.4, -0.2) is 25.2 Å². The van der Waals surface area contributed by atoms with Gasteiger partial charge in [0.15, 0.2) is 6.29 Å². The van der Waals surface area contributed by atoms with Crippen molar-refractivity contribution in [2.24, 2.45) is 0 Å². The number of nitrogens with one attached hydrogen (secondary N) is 1. The van der Waals surface area contributed by atoms with Crippen LogP contribution in [0.5, 0.6) is 5.75 Å². The lowest BCUT2D eigenvalue weighted by atomic mass is 10.1. The molecule has 2 aromatic carbocycles. The molecule has 0 spiro atoms. The molecule has 1 aliphatic heterocycles. The van der Waals surface area contributed by atoms with Crippen LogP contribution in [0.1, 0.15) is 26.3 Å². The first kappa shape index (κ1) is 17.5. The number of rotatable bonds is 4. The average Bonchev–Trinajstić information content (AvgIpc) is 2.94. The van der Waals surface area contributed by atoms with Crippen LogP contribution in [0.25, 0.3) is 0 Å². The molecule has 6 heteroatoms. The fourth-order valence-electron chi connectivity index (χ4n) is 2.90. The van der Waals surface area contributed by atoms with Crippen molar-refractivity contribution in [1.82, 2.24) is 0 Å². The van der Waals surface area contributed by atoms with Gasteiger partial charge in [0.1, 0.15) is 11.4 Å². The van der Waals surface area contributed by atoms with Crippen LogP contribution in [0.15, 0.2) is 53.4 Å². The maximum absolute atomic E-state index is 13.1. The number of hydrogen-bond donors (Lipinski definition) is 1. The summed E-state index contributed by atoms with van der Waals surface area (Å²) in [5.74, 6) is 0.578. The van der Waals surface area contributed by atoms with Gasteiger partial charge in [-0.15, -0.1) is 0 Å². The van der Waals surface area contributed by atoms with Gasteiger partial charge < -0.3 is 10.1 Å². The van der Waals surface area contributed by atoms with Gasteiger partial charge in [0.05, 0.1) is 4.90 Å². The lowest BCUT2D eigenvalue weighted by Gasteiger charge is -2.24. The number of benzene rings is 2. The van der Waals surface area contributed by atoms with Gasteiger partial charge in [-0.2, -0.15) is 0 Å². The number of sulfone groups is 1. The summed E-state index contributed by atoms with van der Waals surface area (Å²) in [6.07, 6.45) is 0.594. The first-order valence-corrected chi connectivity index (χ1v) is 9.51. The quantitative estimate of drug-likeness (QED) is 0.849. The average molecular weight is 359 g/mol. The van der Waals surface area contributed by atoms with Crippen molar-refractivity contribution in [2.45, 2.75) is 42.6 Å². The van der Waals surface area contributed by atoms with Crippen LogP contribution in [0.4, 0.5) is 5.69 Å². The summed E-state index contributed by atoms with van der Waals surface area (Å²) in [5.41, 5.74) is 1.11. The Labute approximate surface area is 147 Å². The molecular weight excluding hydrogens is 338 g/mol. The Morgan fingerprint density at radius 2 is 1.72 bits per heavy atom. The second kappa shape index (κ2) is 5.88. The molecule has 0 saturated heterocycles. The van der Waals surface area contributed by atoms with Crippen LogP contribution in [0.2, 0.25) is 0 Å². The highest BCUT2D eigenvalue weighted by atomic mass is 32.2. The van der Waals surface area contributed by atoms with Crippen LogP contribution in [0.3, 0.4) is 0 Å². The molecule has 0 saturated carbocycles. The van der Waals surface area contributed by atoms with E-state index in [4.69, 9.17) is 4.74 Å². The Bertz CT molecular complexity index is 871. The van der Waals surface area contributed by atoms with Gasteiger partial charge in [-0.05, 0) is 56.7 Å². The van der Waals surface area contributed by atoms with Crippen LogP contribution < -0.4 is 10.1 Å². The van der Waals surface area contributed by atoms with Crippen molar-refractivity contribution in [1.29, 1.82) is 0 Å². The second-order valence-corrected chi connectivity index (χ2v) is 9.36. The molecule has 0 bridgehead atoms. The molecule has 132 valence electrons. The molecule has 0 aromatic heterocycles. The number of para-hydroxylation sites is 1. The summed E-state index contributed by atoms with van der Waals surface area (Å²) < 4.78 is 32.0. The van der Waals surface area contributed by atoms with Gasteiger partial charge in [-0.25, -0.2) is 8.42 Å². The minimum atomic E-state index is -3.91. The van der Waals surface area contributed by atoms with E-state index >= 15 is 0 Å². The van der Waals surface area contributed by atoms with Gasteiger partial charge in [0, 0.05) is 12.1 Å². The van der Waals surface area contributed by atoms with Crippen LogP contribution in [0, 0.1) is 0 Å². The summed E-state index contributed by atoms with van der Waals surface area (Å²) in [4.78, 5) is 10.2. The minimum Gasteiger partial charge on any atom is -0.488 e. The van der Waals surface area contributed by atoms with Gasteiger partial charge >= 0.3 is 0 Å². The molecule has 1 N–H and O–H groups in total. The van der Waals surface area contributed by atoms with Gasteiger partial charge in [0.2, 0.25) is 14.7 Å². The molecule has 0 fully saturated rings. The second-order valence-electron chi connectivity index (χ2n) is 7.16. The first-order chi connectivity index (χ1) is 11.7. The van der Waals surface area contributed by atoms with Crippen LogP contribution >= 0.6 is 0 Å². The van der Waals surface area contributed by atoms with Crippen LogP contribution in [-0.2, 0) is 21.1 Å². The summed E-state index contributed by atoms with van der Waals surface area (Å²) in [6.45, 7) is 5.75. The van der Waals surface area contributed by atoms with E-state index in [1.807, 2.05) is 32.9 Å². The zero-order valence-corrected chi connectivity index (χ0v) is 15.3. The number of carbonyl (C=O) groups excluding carboxylic acids is 1. The third-order valence-corrected chi connectivity index (χ3v) is 6.24. The third-order valence-electron chi connectivity index (χ3n) is 4.04. The maximum Gasteiger partial charge on any atom is 0.209 e. The molecule has 5 nitrogen and oxygen atoms in total. The highest BCUT2D eigenvalue weighted by Gasteiger charge is 2.49. The fraction of sp³-hybridized carbons (Fsp3) is 0.316. The van der Waals surface area contributed by atoms with Crippen molar-refractivity contribution in [2.75, 3.05) is 5.32 Å². The Morgan fingerprint density at radius 3 is 2.28 bits per heavy atom. The molecular formula is C19H21NO4S. The predicted molar refractivity (Wildman–Crippen MR) is 96.6 cm³/mol. The van der Waals surface area contributed by atoms with Crippen molar-refractivity contribution < 1.29 is 17.9 Å². The largest absolute Gasteiger partial charge is 0.488 e. The summed E-state index contributed by atoms with van der Waals surface area (Å²) in [6, 6.07) is 13.4. The number of carbonyl (C=O) groups is 1. The topological polar surface area (TPSA) is 72.5 Å². The van der Waals surface area contributed by atoms with E-state index in [0.717, 1.165) is 5.56 Å². The SMILES string of the molecule is CC(C)(C)Oc1ccc(S(=O)(=O)[C@]2(C=O)Cc3ccccc3N2)cc1. The molecule has 0 amide bonds. The molecule has 0 radical (unpaired) electrons. The lowest BCUT2D eigenvalue weighted by Crippen LogP contribution is -2.46. The number of ether oxygens (including phenoxy) is 1. The fourth-order valence-corrected chi connectivity index (χ4v) is 4.53. The van der Waals surface area contributed by atoms with E-state index in [9.17, 15) is 13.2 Å². The Balaban J connectivity index is 1.95. The zero-order valence-electron chi connectivity index (χ0n) is 14.4. The van der Waals surface area contributed by atoms with E-state index in [2.05, 4.69) is 5.32 Å². The molecule has 3 rings (SSSR count). The monoisotopic (exact) mass is 359 g/mol. The molecule has 25 heavy (non-hydrogen) atoms. The molecule has 2 aromatic rings. The predicted octanol–water partition coefficient (Wildman–Crippen LogP) is 3.20. The third kappa shape index (κ3) is 3.14. The molecule has 1 aliphatic rings. The van der Waals surface area contributed by atoms with E-state index in [1.165, 1.54) is 12.1 Å². The molecule has 0 unspecified atom stereocenters. The van der Waals surface area contributed by atoms with Crippen molar-refractivity contribution in [3.05, 3.63) is 54.1 Å². The van der Waals surface area contributed by atoms with Gasteiger partial charge in [-0.1, -0.05) is 18.2 Å². The summed E-state index contributed by atoms with van der Waals surface area (Å²) in [7, 11) is -3.91. The summed E-state index contributed by atoms with van der Waals surface area (Å²) in [5, 5.41) is 2.90. The Kier molecular flexibility index (Phi) is 4.11. The van der Waals surface area contributed by atoms with Crippen molar-refractivity contribution in [3.8, 4) is 5.75 Å². The highest BCUT2D eigenvalue weighted by molar-refractivity contribution is 7.93. The van der Waals surface area contributed by atoms with E-state index < -0.39 is 14.7 Å². The molecule has 1 heterocycles. The van der Waals surface area contributed by atoms with E-state index in [1.54, 1.807) is 24.3 Å². The number of aldehydes is 1. The zero-order chi connectivity index (χ0) is 18.3. The number of hydrogen-bond acceptors (Lipinski definition) is 5. The molecule has 0 aliphatic carbocycles. The van der Waals surface area contributed by atoms with E-state index in [-0.39, 0.29) is 16.9 Å². The summed E-state index contributed by atoms with van der Waals surface area (Å²) >= 11 is 0. The van der Waals surface area contributed by atoms with Crippen molar-refractivity contribution >= 4 is 21.8 Å². The van der Waals surface area contributed by atoms with Gasteiger partial charge in [-0.3, -0.25) is 4.79 Å². The normalized spacial score (nSPS) is 19.8. The highest BCUT2D eigenvalue weighted by Crippen LogP contribution is 2.38. The lowest BCUT2D eigenvalue weighted by molar-refractivity contribution is -0.109. The maximum atomic E-state index is 13.1. The number of anilines is 1. The van der Waals surface area contributed by atoms with Crippen molar-refractivity contribution in [3.63, 3.8) is 0 Å². The van der Waals surface area contributed by atoms with E-state index in [0.29, 0.717) is 17.7 Å². The standard InChI is InChI=1S/C19H21NO4S/c1-18(2,3)24-15-8-10-16(11-9-15)25(22,23)19(13-21)12-14-6-4-5-7-17(14)20-19/h4-11,13,20H,12H2,1-3H3/t19-/m0/s1. The molecule has 1 atom stereocenters. The smallest absolute Gasteiger partial charge is 0.209 e.